The van der Waals surface area contributed by atoms with Gasteiger partial charge >= 0.3 is 0 Å². The molecule has 94 valence electrons. The van der Waals surface area contributed by atoms with E-state index in [9.17, 15) is 8.42 Å². The summed E-state index contributed by atoms with van der Waals surface area (Å²) in [4.78, 5) is 1.52. The minimum atomic E-state index is -3.07. The summed E-state index contributed by atoms with van der Waals surface area (Å²) in [5.74, 6) is 1.05. The van der Waals surface area contributed by atoms with Crippen LogP contribution in [0.2, 0.25) is 0 Å². The lowest BCUT2D eigenvalue weighted by Crippen LogP contribution is -2.23. The molecule has 1 aromatic carbocycles. The van der Waals surface area contributed by atoms with Crippen LogP contribution in [0.5, 0.6) is 0 Å². The van der Waals surface area contributed by atoms with Crippen molar-refractivity contribution in [2.75, 3.05) is 18.6 Å². The van der Waals surface area contributed by atoms with Gasteiger partial charge in [0.1, 0.15) is 0 Å². The molecule has 2 rings (SSSR count). The molecule has 1 aromatic rings. The van der Waals surface area contributed by atoms with Crippen molar-refractivity contribution in [1.29, 1.82) is 0 Å². The fraction of sp³-hybridized carbons (Fsp3) is 0.500. The molecule has 5 heteroatoms. The van der Waals surface area contributed by atoms with Crippen molar-refractivity contribution in [1.82, 2.24) is 5.32 Å². The van der Waals surface area contributed by atoms with Gasteiger partial charge in [0.05, 0.1) is 4.90 Å². The van der Waals surface area contributed by atoms with Gasteiger partial charge in [0.2, 0.25) is 0 Å². The van der Waals surface area contributed by atoms with Crippen molar-refractivity contribution in [3.05, 3.63) is 24.3 Å². The van der Waals surface area contributed by atoms with Gasteiger partial charge in [-0.15, -0.1) is 11.8 Å². The maximum atomic E-state index is 11.3. The maximum Gasteiger partial charge on any atom is 0.175 e. The van der Waals surface area contributed by atoms with Crippen LogP contribution in [0.25, 0.3) is 0 Å². The fourth-order valence-electron chi connectivity index (χ4n) is 1.88. The lowest BCUT2D eigenvalue weighted by atomic mass is 10.3. The molecule has 17 heavy (non-hydrogen) atoms. The Morgan fingerprint density at radius 1 is 1.35 bits per heavy atom. The standard InChI is InChI=1S/C12H17NO2S2/c1-17(14,15)12-6-4-11(5-7-12)16-9-10-3-2-8-13-10/h4-7,10,13H,2-3,8-9H2,1H3/t10-/m1/s1. The molecule has 1 fully saturated rings. The summed E-state index contributed by atoms with van der Waals surface area (Å²) in [7, 11) is -3.07. The van der Waals surface area contributed by atoms with E-state index in [1.165, 1.54) is 19.1 Å². The van der Waals surface area contributed by atoms with Crippen LogP contribution in [0.3, 0.4) is 0 Å². The van der Waals surface area contributed by atoms with Crippen LogP contribution in [0.4, 0.5) is 0 Å². The molecule has 1 saturated heterocycles. The first-order chi connectivity index (χ1) is 8.05. The van der Waals surface area contributed by atoms with E-state index in [-0.39, 0.29) is 0 Å². The lowest BCUT2D eigenvalue weighted by molar-refractivity contribution is 0.602. The van der Waals surface area contributed by atoms with E-state index >= 15 is 0 Å². The Morgan fingerprint density at radius 2 is 2.06 bits per heavy atom. The Kier molecular flexibility index (Phi) is 4.12. The van der Waals surface area contributed by atoms with Gasteiger partial charge in [-0.1, -0.05) is 0 Å². The molecular formula is C12H17NO2S2. The molecular weight excluding hydrogens is 254 g/mol. The highest BCUT2D eigenvalue weighted by Crippen LogP contribution is 2.22. The number of rotatable bonds is 4. The third-order valence-corrected chi connectivity index (χ3v) is 5.17. The molecule has 1 N–H and O–H groups in total. The van der Waals surface area contributed by atoms with Crippen LogP contribution in [-0.4, -0.2) is 33.0 Å². The fourth-order valence-corrected chi connectivity index (χ4v) is 3.52. The number of hydrogen-bond donors (Lipinski definition) is 1. The zero-order chi connectivity index (χ0) is 12.3. The van der Waals surface area contributed by atoms with Gasteiger partial charge < -0.3 is 5.32 Å². The average molecular weight is 271 g/mol. The number of benzene rings is 1. The van der Waals surface area contributed by atoms with E-state index < -0.39 is 9.84 Å². The van der Waals surface area contributed by atoms with Gasteiger partial charge in [-0.05, 0) is 43.7 Å². The smallest absolute Gasteiger partial charge is 0.175 e. The molecule has 1 heterocycles. The van der Waals surface area contributed by atoms with Gasteiger partial charge in [0.25, 0.3) is 0 Å². The van der Waals surface area contributed by atoms with E-state index in [2.05, 4.69) is 5.32 Å². The summed E-state index contributed by atoms with van der Waals surface area (Å²) < 4.78 is 22.6. The molecule has 0 amide bonds. The van der Waals surface area contributed by atoms with E-state index in [1.807, 2.05) is 12.1 Å². The molecule has 0 radical (unpaired) electrons. The highest BCUT2D eigenvalue weighted by atomic mass is 32.2. The second kappa shape index (κ2) is 5.42. The summed E-state index contributed by atoms with van der Waals surface area (Å²) in [6.45, 7) is 1.12. The monoisotopic (exact) mass is 271 g/mol. The van der Waals surface area contributed by atoms with Gasteiger partial charge in [-0.25, -0.2) is 8.42 Å². The minimum Gasteiger partial charge on any atom is -0.313 e. The second-order valence-electron chi connectivity index (χ2n) is 4.35. The minimum absolute atomic E-state index is 0.390. The highest BCUT2D eigenvalue weighted by molar-refractivity contribution is 7.99. The molecule has 0 bridgehead atoms. The highest BCUT2D eigenvalue weighted by Gasteiger charge is 2.14. The molecule has 1 aliphatic heterocycles. The van der Waals surface area contributed by atoms with Crippen molar-refractivity contribution >= 4 is 21.6 Å². The first kappa shape index (κ1) is 12.9. The van der Waals surface area contributed by atoms with Crippen LogP contribution in [0.15, 0.2) is 34.1 Å². The molecule has 0 aromatic heterocycles. The molecule has 0 spiro atoms. The summed E-state index contributed by atoms with van der Waals surface area (Å²) in [5, 5.41) is 3.45. The Bertz CT molecular complexity index is 462. The third kappa shape index (κ3) is 3.72. The Labute approximate surface area is 107 Å². The first-order valence-corrected chi connectivity index (χ1v) is 8.60. The van der Waals surface area contributed by atoms with Crippen LogP contribution in [0.1, 0.15) is 12.8 Å². The molecule has 1 atom stereocenters. The number of thioether (sulfide) groups is 1. The normalized spacial score (nSPS) is 20.6. The molecule has 0 unspecified atom stereocenters. The quantitative estimate of drug-likeness (QED) is 0.850. The predicted molar refractivity (Wildman–Crippen MR) is 71.3 cm³/mol. The van der Waals surface area contributed by atoms with Gasteiger partial charge in [-0.2, -0.15) is 0 Å². The summed E-state index contributed by atoms with van der Waals surface area (Å²) in [6, 6.07) is 7.74. The Balaban J connectivity index is 1.94. The Morgan fingerprint density at radius 3 is 2.59 bits per heavy atom. The topological polar surface area (TPSA) is 46.2 Å². The van der Waals surface area contributed by atoms with E-state index in [1.54, 1.807) is 23.9 Å². The lowest BCUT2D eigenvalue weighted by Gasteiger charge is -2.09. The maximum absolute atomic E-state index is 11.3. The van der Waals surface area contributed by atoms with Crippen molar-refractivity contribution < 1.29 is 8.42 Å². The van der Waals surface area contributed by atoms with E-state index in [0.717, 1.165) is 17.2 Å². The molecule has 0 saturated carbocycles. The van der Waals surface area contributed by atoms with Gasteiger partial charge in [0, 0.05) is 22.9 Å². The summed E-state index contributed by atoms with van der Waals surface area (Å²) in [5.41, 5.74) is 0. The SMILES string of the molecule is CS(=O)(=O)c1ccc(SC[C@H]2CCCN2)cc1. The van der Waals surface area contributed by atoms with Crippen LogP contribution < -0.4 is 5.32 Å². The van der Waals surface area contributed by atoms with Crippen molar-refractivity contribution in [2.45, 2.75) is 28.7 Å². The molecule has 3 nitrogen and oxygen atoms in total. The third-order valence-electron chi connectivity index (χ3n) is 2.87. The van der Waals surface area contributed by atoms with Crippen molar-refractivity contribution in [3.8, 4) is 0 Å². The number of nitrogens with one attached hydrogen (secondary N) is 1. The molecule has 1 aliphatic rings. The Hall–Kier alpha value is -0.520. The average Bonchev–Trinajstić information content (AvgIpc) is 2.78. The van der Waals surface area contributed by atoms with Crippen LogP contribution in [-0.2, 0) is 9.84 Å². The molecule has 0 aliphatic carbocycles. The van der Waals surface area contributed by atoms with Crippen molar-refractivity contribution in [3.63, 3.8) is 0 Å². The number of hydrogen-bond acceptors (Lipinski definition) is 4. The zero-order valence-corrected chi connectivity index (χ0v) is 11.5. The zero-order valence-electron chi connectivity index (χ0n) is 9.85. The predicted octanol–water partition coefficient (Wildman–Crippen LogP) is 1.93. The van der Waals surface area contributed by atoms with Crippen LogP contribution in [0, 0.1) is 0 Å². The van der Waals surface area contributed by atoms with E-state index in [0.29, 0.717) is 10.9 Å². The van der Waals surface area contributed by atoms with Gasteiger partial charge in [-0.3, -0.25) is 0 Å². The first-order valence-electron chi connectivity index (χ1n) is 5.72. The number of sulfone groups is 1. The van der Waals surface area contributed by atoms with Gasteiger partial charge in [0.15, 0.2) is 9.84 Å². The summed E-state index contributed by atoms with van der Waals surface area (Å²) in [6.07, 6.45) is 3.74. The van der Waals surface area contributed by atoms with Crippen molar-refractivity contribution in [2.24, 2.45) is 0 Å². The van der Waals surface area contributed by atoms with E-state index in [4.69, 9.17) is 0 Å². The second-order valence-corrected chi connectivity index (χ2v) is 7.46. The largest absolute Gasteiger partial charge is 0.313 e. The summed E-state index contributed by atoms with van der Waals surface area (Å²) >= 11 is 1.78. The van der Waals surface area contributed by atoms with Crippen LogP contribution >= 0.6 is 11.8 Å².